The second-order valence-electron chi connectivity index (χ2n) is 6.46. The first-order valence-electron chi connectivity index (χ1n) is 6.18. The second kappa shape index (κ2) is 4.96. The molecule has 0 saturated carbocycles. The molecule has 1 rings (SSSR count). The molecule has 0 atom stereocenters. The molecule has 0 aliphatic carbocycles. The van der Waals surface area contributed by atoms with Crippen molar-refractivity contribution in [3.8, 4) is 0 Å². The number of amides is 2. The van der Waals surface area contributed by atoms with Gasteiger partial charge in [0.1, 0.15) is 0 Å². The molecule has 1 fully saturated rings. The highest BCUT2D eigenvalue weighted by Gasteiger charge is 2.37. The third kappa shape index (κ3) is 3.51. The molecule has 0 bridgehead atoms. The SMILES string of the molecule is CC1(C)CC(=O)N(CCC(C)(C)C(N)=S)C(=O)C1. The van der Waals surface area contributed by atoms with Crippen LogP contribution in [0.25, 0.3) is 0 Å². The van der Waals surface area contributed by atoms with E-state index in [1.165, 1.54) is 4.90 Å². The van der Waals surface area contributed by atoms with Crippen LogP contribution in [-0.4, -0.2) is 28.2 Å². The van der Waals surface area contributed by atoms with Crippen molar-refractivity contribution in [3.63, 3.8) is 0 Å². The van der Waals surface area contributed by atoms with E-state index in [2.05, 4.69) is 0 Å². The lowest BCUT2D eigenvalue weighted by molar-refractivity contribution is -0.152. The predicted octanol–water partition coefficient (Wildman–Crippen LogP) is 1.86. The van der Waals surface area contributed by atoms with Gasteiger partial charge in [0.2, 0.25) is 11.8 Å². The summed E-state index contributed by atoms with van der Waals surface area (Å²) in [6, 6.07) is 0. The lowest BCUT2D eigenvalue weighted by Crippen LogP contribution is -2.47. The van der Waals surface area contributed by atoms with Gasteiger partial charge in [-0.15, -0.1) is 0 Å². The molecule has 0 radical (unpaired) electrons. The summed E-state index contributed by atoms with van der Waals surface area (Å²) in [5.74, 6) is -0.176. The van der Waals surface area contributed by atoms with Crippen molar-refractivity contribution in [2.45, 2.75) is 47.0 Å². The Labute approximate surface area is 114 Å². The Morgan fingerprint density at radius 2 is 1.78 bits per heavy atom. The maximum Gasteiger partial charge on any atom is 0.229 e. The highest BCUT2D eigenvalue weighted by Crippen LogP contribution is 2.32. The van der Waals surface area contributed by atoms with Crippen molar-refractivity contribution >= 4 is 29.0 Å². The van der Waals surface area contributed by atoms with Crippen molar-refractivity contribution in [2.24, 2.45) is 16.6 Å². The van der Waals surface area contributed by atoms with E-state index in [-0.39, 0.29) is 22.6 Å². The molecule has 0 aromatic heterocycles. The van der Waals surface area contributed by atoms with Crippen LogP contribution in [0.1, 0.15) is 47.0 Å². The first-order chi connectivity index (χ1) is 8.05. The van der Waals surface area contributed by atoms with Crippen molar-refractivity contribution in [3.05, 3.63) is 0 Å². The summed E-state index contributed by atoms with van der Waals surface area (Å²) in [7, 11) is 0. The van der Waals surface area contributed by atoms with Gasteiger partial charge in [0.15, 0.2) is 0 Å². The topological polar surface area (TPSA) is 63.4 Å². The van der Waals surface area contributed by atoms with Crippen LogP contribution >= 0.6 is 12.2 Å². The van der Waals surface area contributed by atoms with Crippen LogP contribution in [-0.2, 0) is 9.59 Å². The monoisotopic (exact) mass is 270 g/mol. The van der Waals surface area contributed by atoms with E-state index in [0.29, 0.717) is 30.8 Å². The summed E-state index contributed by atoms with van der Waals surface area (Å²) < 4.78 is 0. The zero-order chi connectivity index (χ0) is 14.1. The lowest BCUT2D eigenvalue weighted by Gasteiger charge is -2.36. The Morgan fingerprint density at radius 3 is 2.17 bits per heavy atom. The van der Waals surface area contributed by atoms with Gasteiger partial charge in [-0.2, -0.15) is 0 Å². The molecule has 5 heteroatoms. The minimum Gasteiger partial charge on any atom is -0.393 e. The maximum absolute atomic E-state index is 11.9. The Bertz CT molecular complexity index is 368. The molecule has 0 aromatic rings. The van der Waals surface area contributed by atoms with Crippen LogP contribution in [0.2, 0.25) is 0 Å². The van der Waals surface area contributed by atoms with Gasteiger partial charge in [-0.3, -0.25) is 14.5 Å². The van der Waals surface area contributed by atoms with Crippen LogP contribution in [0.3, 0.4) is 0 Å². The fraction of sp³-hybridized carbons (Fsp3) is 0.769. The highest BCUT2D eigenvalue weighted by molar-refractivity contribution is 7.80. The summed E-state index contributed by atoms with van der Waals surface area (Å²) in [4.78, 5) is 25.7. The van der Waals surface area contributed by atoms with Gasteiger partial charge < -0.3 is 5.73 Å². The smallest absolute Gasteiger partial charge is 0.229 e. The second-order valence-corrected chi connectivity index (χ2v) is 6.89. The van der Waals surface area contributed by atoms with E-state index in [4.69, 9.17) is 18.0 Å². The number of imide groups is 1. The average Bonchev–Trinajstić information content (AvgIpc) is 2.13. The van der Waals surface area contributed by atoms with Crippen molar-refractivity contribution < 1.29 is 9.59 Å². The van der Waals surface area contributed by atoms with E-state index in [1.807, 2.05) is 27.7 Å². The third-order valence-electron chi connectivity index (χ3n) is 3.49. The minimum absolute atomic E-state index is 0.0880. The molecule has 0 spiro atoms. The number of piperidine rings is 1. The molecule has 4 nitrogen and oxygen atoms in total. The minimum atomic E-state index is -0.330. The summed E-state index contributed by atoms with van der Waals surface area (Å²) in [6.45, 7) is 8.15. The molecule has 2 amide bonds. The Kier molecular flexibility index (Phi) is 4.15. The number of nitrogens with two attached hydrogens (primary N) is 1. The van der Waals surface area contributed by atoms with E-state index in [1.54, 1.807) is 0 Å². The molecule has 18 heavy (non-hydrogen) atoms. The van der Waals surface area contributed by atoms with E-state index in [9.17, 15) is 9.59 Å². The zero-order valence-corrected chi connectivity index (χ0v) is 12.4. The molecule has 1 aliphatic rings. The molecule has 1 aliphatic heterocycles. The molecule has 1 saturated heterocycles. The summed E-state index contributed by atoms with van der Waals surface area (Å²) in [5, 5.41) is 0. The fourth-order valence-corrected chi connectivity index (χ4v) is 2.08. The number of likely N-dealkylation sites (tertiary alicyclic amines) is 1. The number of rotatable bonds is 4. The Morgan fingerprint density at radius 1 is 1.33 bits per heavy atom. The first kappa shape index (κ1) is 15.1. The molecule has 1 heterocycles. The number of hydrogen-bond acceptors (Lipinski definition) is 3. The van der Waals surface area contributed by atoms with Crippen LogP contribution < -0.4 is 5.73 Å². The van der Waals surface area contributed by atoms with Gasteiger partial charge in [0.05, 0.1) is 4.99 Å². The molecule has 102 valence electrons. The largest absolute Gasteiger partial charge is 0.393 e. The van der Waals surface area contributed by atoms with Crippen molar-refractivity contribution in [1.82, 2.24) is 4.90 Å². The van der Waals surface area contributed by atoms with Crippen molar-refractivity contribution in [1.29, 1.82) is 0 Å². The zero-order valence-electron chi connectivity index (χ0n) is 11.6. The number of carbonyl (C=O) groups excluding carboxylic acids is 2. The number of hydrogen-bond donors (Lipinski definition) is 1. The summed E-state index contributed by atoms with van der Waals surface area (Å²) in [5.41, 5.74) is 5.09. The lowest BCUT2D eigenvalue weighted by atomic mass is 9.81. The van der Waals surface area contributed by atoms with Gasteiger partial charge in [-0.1, -0.05) is 39.9 Å². The van der Waals surface area contributed by atoms with E-state index < -0.39 is 0 Å². The summed E-state index contributed by atoms with van der Waals surface area (Å²) in [6.07, 6.45) is 1.46. The third-order valence-corrected chi connectivity index (χ3v) is 4.04. The quantitative estimate of drug-likeness (QED) is 0.625. The molecule has 0 unspecified atom stereocenters. The summed E-state index contributed by atoms with van der Waals surface area (Å²) >= 11 is 4.98. The van der Waals surface area contributed by atoms with Gasteiger partial charge in [0, 0.05) is 24.8 Å². The van der Waals surface area contributed by atoms with E-state index >= 15 is 0 Å². The van der Waals surface area contributed by atoms with E-state index in [0.717, 1.165) is 0 Å². The van der Waals surface area contributed by atoms with Crippen LogP contribution in [0.15, 0.2) is 0 Å². The maximum atomic E-state index is 11.9. The number of nitrogens with zero attached hydrogens (tertiary/aromatic N) is 1. The fourth-order valence-electron chi connectivity index (χ4n) is 1.98. The standard InChI is InChI=1S/C13H22N2O2S/c1-12(2)7-9(16)15(10(17)8-12)6-5-13(3,4)11(14)18/h5-8H2,1-4H3,(H2,14,18). The van der Waals surface area contributed by atoms with Gasteiger partial charge in [0.25, 0.3) is 0 Å². The molecule has 2 N–H and O–H groups in total. The van der Waals surface area contributed by atoms with Crippen LogP contribution in [0.4, 0.5) is 0 Å². The van der Waals surface area contributed by atoms with Crippen molar-refractivity contribution in [2.75, 3.05) is 6.54 Å². The Hall–Kier alpha value is -0.970. The van der Waals surface area contributed by atoms with Gasteiger partial charge in [-0.05, 0) is 11.8 Å². The molecular formula is C13H22N2O2S. The average molecular weight is 270 g/mol. The first-order valence-corrected chi connectivity index (χ1v) is 6.59. The van der Waals surface area contributed by atoms with Crippen LogP contribution in [0.5, 0.6) is 0 Å². The molecule has 0 aromatic carbocycles. The Balaban J connectivity index is 2.66. The normalized spacial score (nSPS) is 20.1. The van der Waals surface area contributed by atoms with Gasteiger partial charge in [-0.25, -0.2) is 0 Å². The van der Waals surface area contributed by atoms with Crippen LogP contribution in [0, 0.1) is 10.8 Å². The number of carbonyl (C=O) groups is 2. The molecular weight excluding hydrogens is 248 g/mol. The highest BCUT2D eigenvalue weighted by atomic mass is 32.1. The predicted molar refractivity (Wildman–Crippen MR) is 74.9 cm³/mol. The number of thiocarbonyl (C=S) groups is 1. The van der Waals surface area contributed by atoms with Gasteiger partial charge >= 0.3 is 0 Å².